The summed E-state index contributed by atoms with van der Waals surface area (Å²) in [7, 11) is -8.08. The van der Waals surface area contributed by atoms with Gasteiger partial charge < -0.3 is 0 Å². The van der Waals surface area contributed by atoms with Crippen LogP contribution in [-0.4, -0.2) is 22.9 Å². The maximum absolute atomic E-state index is 13.6. The molecule has 0 aromatic heterocycles. The van der Waals surface area contributed by atoms with E-state index in [0.717, 1.165) is 31.0 Å². The van der Waals surface area contributed by atoms with Crippen LogP contribution in [0.3, 0.4) is 0 Å². The van der Waals surface area contributed by atoms with Crippen molar-refractivity contribution in [1.82, 2.24) is 4.72 Å². The van der Waals surface area contributed by atoms with Crippen molar-refractivity contribution in [3.8, 4) is 0 Å². The Kier molecular flexibility index (Phi) is 4.52. The van der Waals surface area contributed by atoms with Gasteiger partial charge in [-0.2, -0.15) is 0 Å². The highest BCUT2D eigenvalue weighted by molar-refractivity contribution is 7.93. The minimum absolute atomic E-state index is 0.128. The zero-order chi connectivity index (χ0) is 18.2. The summed E-state index contributed by atoms with van der Waals surface area (Å²) in [5.41, 5.74) is -0.439. The third kappa shape index (κ3) is 4.14. The molecule has 134 valence electrons. The van der Waals surface area contributed by atoms with Crippen molar-refractivity contribution >= 4 is 25.7 Å². The number of anilines is 1. The van der Waals surface area contributed by atoms with E-state index >= 15 is 0 Å². The molecule has 10 heteroatoms. The van der Waals surface area contributed by atoms with E-state index < -0.39 is 37.4 Å². The number of halogens is 2. The first-order valence-corrected chi connectivity index (χ1v) is 10.2. The fraction of sp³-hybridized carbons (Fsp3) is 0.200. The van der Waals surface area contributed by atoms with E-state index in [2.05, 4.69) is 4.72 Å². The molecule has 0 aliphatic heterocycles. The number of rotatable bonds is 6. The van der Waals surface area contributed by atoms with Gasteiger partial charge in [0, 0.05) is 12.1 Å². The van der Waals surface area contributed by atoms with Gasteiger partial charge in [0.25, 0.3) is 10.0 Å². The summed E-state index contributed by atoms with van der Waals surface area (Å²) in [5, 5.41) is 0. The first-order valence-electron chi connectivity index (χ1n) is 7.28. The highest BCUT2D eigenvalue weighted by Crippen LogP contribution is 2.24. The van der Waals surface area contributed by atoms with Gasteiger partial charge >= 0.3 is 0 Å². The van der Waals surface area contributed by atoms with E-state index in [0.29, 0.717) is 6.07 Å². The molecule has 1 aliphatic rings. The Hall–Kier alpha value is -2.04. The van der Waals surface area contributed by atoms with Gasteiger partial charge in [0.15, 0.2) is 0 Å². The second kappa shape index (κ2) is 6.36. The molecule has 2 aromatic rings. The van der Waals surface area contributed by atoms with Crippen LogP contribution in [0, 0.1) is 11.6 Å². The van der Waals surface area contributed by atoms with E-state index in [1.54, 1.807) is 0 Å². The minimum atomic E-state index is -4.25. The summed E-state index contributed by atoms with van der Waals surface area (Å²) in [5.74, 6) is -1.93. The smallest absolute Gasteiger partial charge is 0.262 e. The second-order valence-electron chi connectivity index (χ2n) is 5.60. The maximum Gasteiger partial charge on any atom is 0.262 e. The molecule has 0 saturated heterocycles. The monoisotopic (exact) mass is 388 g/mol. The molecule has 2 aromatic carbocycles. The van der Waals surface area contributed by atoms with Crippen LogP contribution in [0.2, 0.25) is 0 Å². The van der Waals surface area contributed by atoms with Gasteiger partial charge in [0.05, 0.1) is 15.5 Å². The molecule has 0 bridgehead atoms. The molecule has 3 rings (SSSR count). The Bertz CT molecular complexity index is 1020. The first-order chi connectivity index (χ1) is 11.7. The van der Waals surface area contributed by atoms with Crippen molar-refractivity contribution < 1.29 is 25.6 Å². The molecule has 1 aliphatic carbocycles. The van der Waals surface area contributed by atoms with E-state index in [9.17, 15) is 25.6 Å². The third-order valence-corrected chi connectivity index (χ3v) is 6.38. The second-order valence-corrected chi connectivity index (χ2v) is 9.00. The van der Waals surface area contributed by atoms with Crippen LogP contribution in [0.4, 0.5) is 14.5 Å². The van der Waals surface area contributed by atoms with Crippen molar-refractivity contribution in [3.63, 3.8) is 0 Å². The molecule has 0 atom stereocenters. The van der Waals surface area contributed by atoms with Gasteiger partial charge in [0.1, 0.15) is 11.6 Å². The van der Waals surface area contributed by atoms with Gasteiger partial charge in [-0.25, -0.2) is 30.3 Å². The number of hydrogen-bond donors (Lipinski definition) is 2. The van der Waals surface area contributed by atoms with Crippen LogP contribution >= 0.6 is 0 Å². The molecule has 6 nitrogen and oxygen atoms in total. The molecule has 2 N–H and O–H groups in total. The lowest BCUT2D eigenvalue weighted by atomic mass is 10.3. The predicted molar refractivity (Wildman–Crippen MR) is 87.0 cm³/mol. The molecular formula is C15H14F2N2O4S2. The lowest BCUT2D eigenvalue weighted by Gasteiger charge is -2.11. The summed E-state index contributed by atoms with van der Waals surface area (Å²) in [6.07, 6.45) is 1.48. The minimum Gasteiger partial charge on any atom is -0.277 e. The van der Waals surface area contributed by atoms with Gasteiger partial charge in [0.2, 0.25) is 10.0 Å². The number of hydrogen-bond acceptors (Lipinski definition) is 4. The summed E-state index contributed by atoms with van der Waals surface area (Å²) in [6.45, 7) is 0. The summed E-state index contributed by atoms with van der Waals surface area (Å²) < 4.78 is 80.1. The Morgan fingerprint density at radius 1 is 0.880 bits per heavy atom. The highest BCUT2D eigenvalue weighted by Gasteiger charge is 2.28. The Morgan fingerprint density at radius 2 is 1.52 bits per heavy atom. The van der Waals surface area contributed by atoms with Crippen molar-refractivity contribution in [2.75, 3.05) is 4.72 Å². The fourth-order valence-electron chi connectivity index (χ4n) is 2.07. The van der Waals surface area contributed by atoms with Gasteiger partial charge in [-0.3, -0.25) is 4.72 Å². The van der Waals surface area contributed by atoms with E-state index in [1.807, 2.05) is 4.72 Å². The van der Waals surface area contributed by atoms with Crippen LogP contribution in [0.15, 0.2) is 52.3 Å². The molecule has 0 spiro atoms. The van der Waals surface area contributed by atoms with Crippen molar-refractivity contribution in [2.24, 2.45) is 0 Å². The molecule has 1 fully saturated rings. The fourth-order valence-corrected chi connectivity index (χ4v) is 4.61. The lowest BCUT2D eigenvalue weighted by Crippen LogP contribution is -2.26. The first kappa shape index (κ1) is 17.8. The molecule has 0 heterocycles. The topological polar surface area (TPSA) is 92.3 Å². The van der Waals surface area contributed by atoms with Crippen LogP contribution < -0.4 is 9.44 Å². The normalized spacial score (nSPS) is 15.1. The molecule has 25 heavy (non-hydrogen) atoms. The summed E-state index contributed by atoms with van der Waals surface area (Å²) in [6, 6.07) is 6.96. The number of nitrogens with one attached hydrogen (secondary N) is 2. The summed E-state index contributed by atoms with van der Waals surface area (Å²) >= 11 is 0. The lowest BCUT2D eigenvalue weighted by molar-refractivity contribution is 0.579. The standard InChI is InChI=1S/C15H14F2N2O4S2/c16-10-4-7-15(14(17)8-10)19-25(22,23)13-3-1-2-12(9-13)24(20,21)18-11-5-6-11/h1-4,7-9,11,18-19H,5-6H2. The van der Waals surface area contributed by atoms with E-state index in [4.69, 9.17) is 0 Å². The largest absolute Gasteiger partial charge is 0.277 e. The van der Waals surface area contributed by atoms with Crippen molar-refractivity contribution in [1.29, 1.82) is 0 Å². The molecule has 1 saturated carbocycles. The van der Waals surface area contributed by atoms with Gasteiger partial charge in [-0.15, -0.1) is 0 Å². The van der Waals surface area contributed by atoms with Crippen LogP contribution in [0.25, 0.3) is 0 Å². The average molecular weight is 388 g/mol. The Labute approximate surface area is 144 Å². The van der Waals surface area contributed by atoms with Crippen molar-refractivity contribution in [2.45, 2.75) is 28.7 Å². The highest BCUT2D eigenvalue weighted by atomic mass is 32.2. The Balaban J connectivity index is 1.91. The van der Waals surface area contributed by atoms with Crippen molar-refractivity contribution in [3.05, 3.63) is 54.1 Å². The summed E-state index contributed by atoms with van der Waals surface area (Å²) in [4.78, 5) is -0.559. The molecule has 0 radical (unpaired) electrons. The predicted octanol–water partition coefficient (Wildman–Crippen LogP) is 2.21. The van der Waals surface area contributed by atoms with Gasteiger partial charge in [-0.1, -0.05) is 6.07 Å². The maximum atomic E-state index is 13.6. The van der Waals surface area contributed by atoms with Crippen LogP contribution in [0.5, 0.6) is 0 Å². The molecule has 0 unspecified atom stereocenters. The average Bonchev–Trinajstić information content (AvgIpc) is 3.33. The quantitative estimate of drug-likeness (QED) is 0.794. The van der Waals surface area contributed by atoms with Crippen LogP contribution in [-0.2, 0) is 20.0 Å². The number of sulfonamides is 2. The van der Waals surface area contributed by atoms with Crippen LogP contribution in [0.1, 0.15) is 12.8 Å². The Morgan fingerprint density at radius 3 is 2.12 bits per heavy atom. The molecular weight excluding hydrogens is 374 g/mol. The van der Waals surface area contributed by atoms with Gasteiger partial charge in [-0.05, 0) is 43.2 Å². The number of benzene rings is 2. The molecule has 0 amide bonds. The van der Waals surface area contributed by atoms with E-state index in [1.165, 1.54) is 18.2 Å². The zero-order valence-corrected chi connectivity index (χ0v) is 14.4. The van der Waals surface area contributed by atoms with E-state index in [-0.39, 0.29) is 15.8 Å². The zero-order valence-electron chi connectivity index (χ0n) is 12.7. The SMILES string of the molecule is O=S(=O)(Nc1ccc(F)cc1F)c1cccc(S(=O)(=O)NC2CC2)c1. The third-order valence-electron chi connectivity index (χ3n) is 3.50.